The minimum atomic E-state index is -5.44. The highest BCUT2D eigenvalue weighted by atomic mass is 19.4. The number of esters is 1. The fourth-order valence-corrected chi connectivity index (χ4v) is 2.85. The third-order valence-electron chi connectivity index (χ3n) is 4.88. The van der Waals surface area contributed by atoms with E-state index in [0.717, 1.165) is 0 Å². The van der Waals surface area contributed by atoms with Gasteiger partial charge >= 0.3 is 12.1 Å². The van der Waals surface area contributed by atoms with Gasteiger partial charge in [-0.25, -0.2) is 23.5 Å². The number of anilines is 1. The summed E-state index contributed by atoms with van der Waals surface area (Å²) in [6.07, 6.45) is -2.37. The van der Waals surface area contributed by atoms with Crippen LogP contribution < -0.4 is 11.1 Å². The van der Waals surface area contributed by atoms with Crippen LogP contribution in [0.5, 0.6) is 0 Å². The maximum Gasteiger partial charge on any atom is 0.429 e. The lowest BCUT2D eigenvalue weighted by Gasteiger charge is -2.27. The third-order valence-corrected chi connectivity index (χ3v) is 4.88. The minimum absolute atomic E-state index is 0.106. The molecule has 0 aliphatic rings. The van der Waals surface area contributed by atoms with Gasteiger partial charge in [0.05, 0.1) is 37.8 Å². The normalized spacial score (nSPS) is 14.2. The van der Waals surface area contributed by atoms with Crippen LogP contribution in [-0.2, 0) is 16.1 Å². The topological polar surface area (TPSA) is 149 Å². The van der Waals surface area contributed by atoms with E-state index >= 15 is 0 Å². The molecule has 0 bridgehead atoms. The second kappa shape index (κ2) is 11.1. The summed E-state index contributed by atoms with van der Waals surface area (Å²) in [7, 11) is 0.647. The molecule has 3 rings (SSSR count). The molecular weight excluding hydrogens is 507 g/mol. The van der Waals surface area contributed by atoms with Gasteiger partial charge in [0.2, 0.25) is 0 Å². The first-order valence-corrected chi connectivity index (χ1v) is 10.3. The van der Waals surface area contributed by atoms with Crippen LogP contribution >= 0.6 is 0 Å². The monoisotopic (exact) mass is 526 g/mol. The van der Waals surface area contributed by atoms with Crippen LogP contribution in [0.2, 0.25) is 0 Å². The number of aliphatic hydroxyl groups is 1. The molecule has 10 nitrogen and oxygen atoms in total. The molecule has 2 aromatic heterocycles. The Morgan fingerprint density at radius 2 is 1.97 bits per heavy atom. The van der Waals surface area contributed by atoms with Crippen LogP contribution in [0, 0.1) is 11.6 Å². The first-order chi connectivity index (χ1) is 17.5. The number of aliphatic imine (C=N–C) groups is 1. The van der Waals surface area contributed by atoms with Gasteiger partial charge in [-0.1, -0.05) is 23.4 Å². The SMILES string of the molecule is COC(=O)C(O)(CNc1nc(C(N)=CC(=NCc2ccccc2F)c2ccon2)ncc1F)C(F)(F)F. The summed E-state index contributed by atoms with van der Waals surface area (Å²) < 4.78 is 76.7. The Hall–Kier alpha value is -4.40. The molecule has 0 aliphatic carbocycles. The maximum absolute atomic E-state index is 14.2. The first-order valence-electron chi connectivity index (χ1n) is 10.3. The number of methoxy groups -OCH3 is 1. The van der Waals surface area contributed by atoms with Crippen molar-refractivity contribution in [3.63, 3.8) is 0 Å². The van der Waals surface area contributed by atoms with Crippen molar-refractivity contribution in [2.45, 2.75) is 18.3 Å². The molecule has 1 atom stereocenters. The predicted molar refractivity (Wildman–Crippen MR) is 119 cm³/mol. The Morgan fingerprint density at radius 1 is 1.24 bits per heavy atom. The zero-order chi connectivity index (χ0) is 27.2. The van der Waals surface area contributed by atoms with Gasteiger partial charge in [0.1, 0.15) is 17.8 Å². The number of nitrogens with one attached hydrogen (secondary N) is 1. The highest BCUT2D eigenvalue weighted by Gasteiger charge is 2.60. The minimum Gasteiger partial charge on any atom is -0.467 e. The molecule has 0 saturated carbocycles. The van der Waals surface area contributed by atoms with Crippen LogP contribution in [0.15, 0.2) is 58.4 Å². The van der Waals surface area contributed by atoms with E-state index in [1.54, 1.807) is 6.07 Å². The molecule has 0 aliphatic heterocycles. The number of carbonyl (C=O) groups is 1. The lowest BCUT2D eigenvalue weighted by molar-refractivity contribution is -0.256. The van der Waals surface area contributed by atoms with Crippen molar-refractivity contribution in [3.8, 4) is 0 Å². The largest absolute Gasteiger partial charge is 0.467 e. The number of halogens is 5. The van der Waals surface area contributed by atoms with E-state index in [2.05, 4.69) is 24.9 Å². The lowest BCUT2D eigenvalue weighted by atomic mass is 10.0. The number of nitrogens with zero attached hydrogens (tertiary/aromatic N) is 4. The van der Waals surface area contributed by atoms with Gasteiger partial charge in [-0.3, -0.25) is 4.99 Å². The van der Waals surface area contributed by atoms with Crippen molar-refractivity contribution in [1.29, 1.82) is 0 Å². The number of alkyl halides is 3. The Morgan fingerprint density at radius 3 is 2.59 bits per heavy atom. The van der Waals surface area contributed by atoms with Crippen molar-refractivity contribution in [2.75, 3.05) is 19.0 Å². The summed E-state index contributed by atoms with van der Waals surface area (Å²) >= 11 is 0. The van der Waals surface area contributed by atoms with Crippen molar-refractivity contribution >= 4 is 23.2 Å². The lowest BCUT2D eigenvalue weighted by Crippen LogP contribution is -2.57. The first kappa shape index (κ1) is 27.2. The fraction of sp³-hybridized carbons (Fsp3) is 0.227. The number of carbonyl (C=O) groups excluding carboxylic acids is 1. The van der Waals surface area contributed by atoms with Gasteiger partial charge in [-0.15, -0.1) is 0 Å². The summed E-state index contributed by atoms with van der Waals surface area (Å²) in [5.74, 6) is -4.84. The number of allylic oxidation sites excluding steroid dienone is 1. The molecule has 2 heterocycles. The Labute approximate surface area is 205 Å². The number of ether oxygens (including phenoxy) is 1. The molecule has 1 aromatic carbocycles. The van der Waals surface area contributed by atoms with E-state index < -0.39 is 41.7 Å². The molecule has 0 spiro atoms. The summed E-state index contributed by atoms with van der Waals surface area (Å²) in [6, 6.07) is 7.34. The van der Waals surface area contributed by atoms with Gasteiger partial charge in [-0.2, -0.15) is 13.2 Å². The van der Waals surface area contributed by atoms with E-state index in [0.29, 0.717) is 13.3 Å². The average Bonchev–Trinajstić information content (AvgIpc) is 3.40. The molecule has 0 fully saturated rings. The number of aromatic nitrogens is 3. The highest BCUT2D eigenvalue weighted by Crippen LogP contribution is 2.32. The van der Waals surface area contributed by atoms with Gasteiger partial charge in [0.25, 0.3) is 5.60 Å². The summed E-state index contributed by atoms with van der Waals surface area (Å²) in [5, 5.41) is 15.5. The van der Waals surface area contributed by atoms with Crippen molar-refractivity contribution in [1.82, 2.24) is 15.1 Å². The van der Waals surface area contributed by atoms with Crippen molar-refractivity contribution < 1.29 is 41.1 Å². The number of hydrogen-bond acceptors (Lipinski definition) is 10. The van der Waals surface area contributed by atoms with Gasteiger partial charge in [0, 0.05) is 11.6 Å². The van der Waals surface area contributed by atoms with Crippen LogP contribution in [0.25, 0.3) is 5.70 Å². The smallest absolute Gasteiger partial charge is 0.429 e. The summed E-state index contributed by atoms with van der Waals surface area (Å²) in [4.78, 5) is 23.2. The number of nitrogens with two attached hydrogens (primary N) is 1. The molecule has 0 radical (unpaired) electrons. The molecule has 4 N–H and O–H groups in total. The molecule has 15 heteroatoms. The zero-order valence-electron chi connectivity index (χ0n) is 19.0. The molecule has 0 saturated heterocycles. The van der Waals surface area contributed by atoms with Crippen LogP contribution in [-0.4, -0.2) is 57.3 Å². The fourth-order valence-electron chi connectivity index (χ4n) is 2.85. The van der Waals surface area contributed by atoms with E-state index in [9.17, 15) is 31.9 Å². The Bertz CT molecular complexity index is 1310. The standard InChI is InChI=1S/C22H19F5N6O4/c1-36-20(34)21(35,22(25,26)27)11-31-18-14(24)10-30-19(32-18)15(28)8-17(16-6-7-37-33-16)29-9-12-4-2-3-5-13(12)23/h2-8,10,35H,9,11,28H2,1H3,(H,30,31,32). The number of hydrogen-bond donors (Lipinski definition) is 3. The number of benzene rings is 1. The predicted octanol–water partition coefficient (Wildman–Crippen LogP) is 2.61. The molecule has 3 aromatic rings. The second-order valence-electron chi connectivity index (χ2n) is 7.37. The second-order valence-corrected chi connectivity index (χ2v) is 7.37. The van der Waals surface area contributed by atoms with E-state index in [4.69, 9.17) is 10.3 Å². The van der Waals surface area contributed by atoms with Crippen LogP contribution in [0.3, 0.4) is 0 Å². The van der Waals surface area contributed by atoms with Crippen LogP contribution in [0.1, 0.15) is 17.1 Å². The summed E-state index contributed by atoms with van der Waals surface area (Å²) in [5.41, 5.74) is 2.37. The molecule has 0 amide bonds. The molecule has 1 unspecified atom stereocenters. The van der Waals surface area contributed by atoms with Gasteiger partial charge < -0.3 is 25.4 Å². The summed E-state index contributed by atoms with van der Waals surface area (Å²) in [6.45, 7) is -1.63. The number of rotatable bonds is 9. The molecule has 196 valence electrons. The van der Waals surface area contributed by atoms with E-state index in [1.165, 1.54) is 36.6 Å². The van der Waals surface area contributed by atoms with Crippen LogP contribution in [0.4, 0.5) is 27.8 Å². The van der Waals surface area contributed by atoms with Crippen molar-refractivity contribution in [3.05, 3.63) is 77.6 Å². The van der Waals surface area contributed by atoms with Crippen molar-refractivity contribution in [2.24, 2.45) is 10.7 Å². The third kappa shape index (κ3) is 6.24. The van der Waals surface area contributed by atoms with E-state index in [1.807, 2.05) is 5.32 Å². The molecule has 37 heavy (non-hydrogen) atoms. The average molecular weight is 526 g/mol. The molecular formula is C22H19F5N6O4. The van der Waals surface area contributed by atoms with E-state index in [-0.39, 0.29) is 35.0 Å². The quantitative estimate of drug-likeness (QED) is 0.217. The van der Waals surface area contributed by atoms with Gasteiger partial charge in [-0.05, 0) is 12.1 Å². The Balaban J connectivity index is 1.90. The maximum atomic E-state index is 14.2. The zero-order valence-corrected chi connectivity index (χ0v) is 19.0. The highest BCUT2D eigenvalue weighted by molar-refractivity contribution is 6.10. The van der Waals surface area contributed by atoms with Gasteiger partial charge in [0.15, 0.2) is 17.5 Å². The Kier molecular flexibility index (Phi) is 8.17.